The topological polar surface area (TPSA) is 49.6 Å². The van der Waals surface area contributed by atoms with E-state index in [1.165, 1.54) is 0 Å². The van der Waals surface area contributed by atoms with Gasteiger partial charge in [-0.1, -0.05) is 20.8 Å². The SMILES string of the molecule is C[C@@H]1C[C@@H](N(C)C(=O)[C@@H](N)C(C)(C)C)CCN1C. The minimum absolute atomic E-state index is 0.0734. The summed E-state index contributed by atoms with van der Waals surface area (Å²) >= 11 is 0. The highest BCUT2D eigenvalue weighted by atomic mass is 16.2. The quantitative estimate of drug-likeness (QED) is 0.809. The van der Waals surface area contributed by atoms with Crippen LogP contribution in [-0.4, -0.2) is 54.5 Å². The van der Waals surface area contributed by atoms with Crippen LogP contribution in [0.1, 0.15) is 40.5 Å². The molecule has 0 aromatic heterocycles. The maximum Gasteiger partial charge on any atom is 0.240 e. The molecule has 0 aliphatic carbocycles. The molecule has 0 aromatic rings. The number of piperidine rings is 1. The fraction of sp³-hybridized carbons (Fsp3) is 0.929. The highest BCUT2D eigenvalue weighted by Crippen LogP contribution is 2.23. The van der Waals surface area contributed by atoms with E-state index in [4.69, 9.17) is 5.73 Å². The first kappa shape index (κ1) is 15.4. The lowest BCUT2D eigenvalue weighted by molar-refractivity contribution is -0.136. The lowest BCUT2D eigenvalue weighted by Crippen LogP contribution is -2.55. The maximum atomic E-state index is 12.4. The average Bonchev–Trinajstić information content (AvgIpc) is 2.28. The number of hydrogen-bond donors (Lipinski definition) is 1. The summed E-state index contributed by atoms with van der Waals surface area (Å²) < 4.78 is 0. The van der Waals surface area contributed by atoms with E-state index in [0.717, 1.165) is 19.4 Å². The summed E-state index contributed by atoms with van der Waals surface area (Å²) in [5.41, 5.74) is 5.88. The number of carbonyl (C=O) groups is 1. The molecule has 1 amide bonds. The van der Waals surface area contributed by atoms with Gasteiger partial charge in [-0.25, -0.2) is 0 Å². The van der Waals surface area contributed by atoms with Gasteiger partial charge in [-0.05, 0) is 32.2 Å². The van der Waals surface area contributed by atoms with Crippen molar-refractivity contribution in [1.29, 1.82) is 0 Å². The van der Waals surface area contributed by atoms with E-state index >= 15 is 0 Å². The van der Waals surface area contributed by atoms with Crippen molar-refractivity contribution in [1.82, 2.24) is 9.80 Å². The summed E-state index contributed by atoms with van der Waals surface area (Å²) in [5.74, 6) is 0.0734. The van der Waals surface area contributed by atoms with Crippen LogP contribution in [0, 0.1) is 5.41 Å². The Morgan fingerprint density at radius 3 is 2.44 bits per heavy atom. The van der Waals surface area contributed by atoms with Crippen molar-refractivity contribution >= 4 is 5.91 Å². The van der Waals surface area contributed by atoms with Gasteiger partial charge in [0.2, 0.25) is 5.91 Å². The molecule has 106 valence electrons. The predicted octanol–water partition coefficient (Wildman–Crippen LogP) is 1.30. The molecular formula is C14H29N3O. The average molecular weight is 255 g/mol. The Kier molecular flexibility index (Phi) is 4.78. The fourth-order valence-electron chi connectivity index (χ4n) is 2.39. The number of nitrogens with zero attached hydrogens (tertiary/aromatic N) is 2. The van der Waals surface area contributed by atoms with Crippen LogP contribution in [0.25, 0.3) is 0 Å². The van der Waals surface area contributed by atoms with Gasteiger partial charge in [-0.3, -0.25) is 4.79 Å². The number of nitrogens with two attached hydrogens (primary N) is 1. The van der Waals surface area contributed by atoms with Gasteiger partial charge < -0.3 is 15.5 Å². The highest BCUT2D eigenvalue weighted by molar-refractivity contribution is 5.82. The number of hydrogen-bond acceptors (Lipinski definition) is 3. The molecule has 0 saturated carbocycles. The van der Waals surface area contributed by atoms with Crippen LogP contribution in [-0.2, 0) is 4.79 Å². The second kappa shape index (κ2) is 5.57. The Labute approximate surface area is 111 Å². The van der Waals surface area contributed by atoms with Crippen LogP contribution < -0.4 is 5.73 Å². The zero-order chi connectivity index (χ0) is 14.1. The van der Waals surface area contributed by atoms with Gasteiger partial charge in [0.25, 0.3) is 0 Å². The fourth-order valence-corrected chi connectivity index (χ4v) is 2.39. The molecule has 0 unspecified atom stereocenters. The first-order valence-electron chi connectivity index (χ1n) is 6.87. The van der Waals surface area contributed by atoms with Gasteiger partial charge in [-0.2, -0.15) is 0 Å². The van der Waals surface area contributed by atoms with Crippen molar-refractivity contribution in [2.75, 3.05) is 20.6 Å². The van der Waals surface area contributed by atoms with E-state index in [2.05, 4.69) is 18.9 Å². The largest absolute Gasteiger partial charge is 0.341 e. The van der Waals surface area contributed by atoms with E-state index in [1.54, 1.807) is 0 Å². The molecule has 1 aliphatic heterocycles. The van der Waals surface area contributed by atoms with E-state index in [1.807, 2.05) is 32.7 Å². The van der Waals surface area contributed by atoms with E-state index < -0.39 is 6.04 Å². The lowest BCUT2D eigenvalue weighted by Gasteiger charge is -2.41. The predicted molar refractivity (Wildman–Crippen MR) is 75.3 cm³/mol. The molecule has 1 heterocycles. The third-order valence-electron chi connectivity index (χ3n) is 4.28. The van der Waals surface area contributed by atoms with Gasteiger partial charge in [-0.15, -0.1) is 0 Å². The maximum absolute atomic E-state index is 12.4. The van der Waals surface area contributed by atoms with Crippen LogP contribution in [0.3, 0.4) is 0 Å². The zero-order valence-electron chi connectivity index (χ0n) is 12.7. The van der Waals surface area contributed by atoms with Crippen molar-refractivity contribution in [2.45, 2.75) is 58.7 Å². The molecule has 0 radical (unpaired) electrons. The smallest absolute Gasteiger partial charge is 0.240 e. The van der Waals surface area contributed by atoms with Crippen molar-refractivity contribution in [3.05, 3.63) is 0 Å². The molecule has 0 spiro atoms. The van der Waals surface area contributed by atoms with Crippen LogP contribution in [0.5, 0.6) is 0 Å². The van der Waals surface area contributed by atoms with Gasteiger partial charge >= 0.3 is 0 Å². The summed E-state index contributed by atoms with van der Waals surface area (Å²) in [6.07, 6.45) is 2.08. The zero-order valence-corrected chi connectivity index (χ0v) is 12.7. The Balaban J connectivity index is 2.65. The summed E-state index contributed by atoms with van der Waals surface area (Å²) in [4.78, 5) is 16.6. The third kappa shape index (κ3) is 3.45. The minimum Gasteiger partial charge on any atom is -0.341 e. The molecule has 4 nitrogen and oxygen atoms in total. The molecule has 2 N–H and O–H groups in total. The summed E-state index contributed by atoms with van der Waals surface area (Å²) in [6, 6.07) is 0.444. The summed E-state index contributed by atoms with van der Waals surface area (Å²) in [7, 11) is 4.04. The van der Waals surface area contributed by atoms with E-state index in [-0.39, 0.29) is 11.3 Å². The van der Waals surface area contributed by atoms with Gasteiger partial charge in [0, 0.05) is 25.7 Å². The minimum atomic E-state index is -0.419. The normalized spacial score (nSPS) is 27.9. The molecule has 1 rings (SSSR count). The number of likely N-dealkylation sites (N-methyl/N-ethyl adjacent to an activating group) is 1. The molecule has 3 atom stereocenters. The Morgan fingerprint density at radius 1 is 1.44 bits per heavy atom. The second-order valence-corrected chi connectivity index (χ2v) is 6.80. The standard InChI is InChI=1S/C14H29N3O/c1-10-9-11(7-8-16(10)5)17(6)13(18)12(15)14(2,3)4/h10-12H,7-9,15H2,1-6H3/t10-,11+,12-/m1/s1. The first-order chi connectivity index (χ1) is 8.14. The number of carbonyl (C=O) groups excluding carboxylic acids is 1. The molecular weight excluding hydrogens is 226 g/mol. The lowest BCUT2D eigenvalue weighted by atomic mass is 9.86. The Morgan fingerprint density at radius 2 is 2.00 bits per heavy atom. The van der Waals surface area contributed by atoms with Crippen LogP contribution in [0.2, 0.25) is 0 Å². The molecule has 4 heteroatoms. The Bertz CT molecular complexity index is 298. The molecule has 18 heavy (non-hydrogen) atoms. The van der Waals surface area contributed by atoms with E-state index in [9.17, 15) is 4.79 Å². The molecule has 1 saturated heterocycles. The van der Waals surface area contributed by atoms with Gasteiger partial charge in [0.1, 0.15) is 0 Å². The van der Waals surface area contributed by atoms with Crippen molar-refractivity contribution in [3.63, 3.8) is 0 Å². The Hall–Kier alpha value is -0.610. The van der Waals surface area contributed by atoms with Gasteiger partial charge in [0.15, 0.2) is 0 Å². The van der Waals surface area contributed by atoms with Crippen molar-refractivity contribution in [3.8, 4) is 0 Å². The van der Waals surface area contributed by atoms with Crippen LogP contribution in [0.4, 0.5) is 0 Å². The summed E-state index contributed by atoms with van der Waals surface area (Å²) in [6.45, 7) is 9.31. The molecule has 1 aliphatic rings. The summed E-state index contributed by atoms with van der Waals surface area (Å²) in [5, 5.41) is 0. The van der Waals surface area contributed by atoms with Crippen molar-refractivity contribution in [2.24, 2.45) is 11.1 Å². The van der Waals surface area contributed by atoms with Gasteiger partial charge in [0.05, 0.1) is 6.04 Å². The molecule has 0 bridgehead atoms. The highest BCUT2D eigenvalue weighted by Gasteiger charge is 2.34. The molecule has 1 fully saturated rings. The number of rotatable bonds is 2. The molecule has 0 aromatic carbocycles. The van der Waals surface area contributed by atoms with E-state index in [0.29, 0.717) is 12.1 Å². The van der Waals surface area contributed by atoms with Crippen LogP contribution in [0.15, 0.2) is 0 Å². The monoisotopic (exact) mass is 255 g/mol. The number of amides is 1. The third-order valence-corrected chi connectivity index (χ3v) is 4.28. The van der Waals surface area contributed by atoms with Crippen LogP contribution >= 0.6 is 0 Å². The first-order valence-corrected chi connectivity index (χ1v) is 6.87. The number of likely N-dealkylation sites (tertiary alicyclic amines) is 1. The second-order valence-electron chi connectivity index (χ2n) is 6.80. The van der Waals surface area contributed by atoms with Crippen molar-refractivity contribution < 1.29 is 4.79 Å².